The van der Waals surface area contributed by atoms with Crippen molar-refractivity contribution in [3.63, 3.8) is 0 Å². The van der Waals surface area contributed by atoms with E-state index in [-0.39, 0.29) is 23.8 Å². The normalized spacial score (nSPS) is 17.4. The van der Waals surface area contributed by atoms with Crippen LogP contribution in [0.3, 0.4) is 0 Å². The summed E-state index contributed by atoms with van der Waals surface area (Å²) in [6, 6.07) is 10.7. The SMILES string of the molecule is Cc1c(N)cc(N)cc1C(=O)N[C@@H](Cc1ccccc1)[C@H](O)C(=O)N1CSCC1C(=O)NC(C)(C)C. The fourth-order valence-electron chi connectivity index (χ4n) is 4.02. The maximum absolute atomic E-state index is 13.4. The van der Waals surface area contributed by atoms with Crippen LogP contribution in [0.25, 0.3) is 0 Å². The Kier molecular flexibility index (Phi) is 8.52. The van der Waals surface area contributed by atoms with E-state index in [0.717, 1.165) is 5.56 Å². The summed E-state index contributed by atoms with van der Waals surface area (Å²) in [6.07, 6.45) is -1.37. The van der Waals surface area contributed by atoms with Crippen molar-refractivity contribution in [3.8, 4) is 0 Å². The number of carbonyl (C=O) groups excluding carboxylic acids is 3. The number of carbonyl (C=O) groups is 3. The Morgan fingerprint density at radius 3 is 2.47 bits per heavy atom. The molecule has 1 aliphatic rings. The Morgan fingerprint density at radius 2 is 1.83 bits per heavy atom. The number of benzene rings is 2. The van der Waals surface area contributed by atoms with Crippen LogP contribution < -0.4 is 22.1 Å². The van der Waals surface area contributed by atoms with Gasteiger partial charge in [-0.15, -0.1) is 11.8 Å². The van der Waals surface area contributed by atoms with Crippen LogP contribution in [0.4, 0.5) is 11.4 Å². The molecule has 3 atom stereocenters. The molecule has 1 saturated heterocycles. The highest BCUT2D eigenvalue weighted by molar-refractivity contribution is 7.99. The Hall–Kier alpha value is -3.24. The maximum atomic E-state index is 13.4. The van der Waals surface area contributed by atoms with E-state index in [1.165, 1.54) is 22.7 Å². The number of hydrogen-bond donors (Lipinski definition) is 5. The highest BCUT2D eigenvalue weighted by atomic mass is 32.2. The molecule has 194 valence electrons. The van der Waals surface area contributed by atoms with Crippen molar-refractivity contribution >= 4 is 40.9 Å². The minimum absolute atomic E-state index is 0.205. The molecule has 3 rings (SSSR count). The zero-order valence-electron chi connectivity index (χ0n) is 21.1. The van der Waals surface area contributed by atoms with Crippen molar-refractivity contribution in [3.05, 3.63) is 59.2 Å². The van der Waals surface area contributed by atoms with Crippen LogP contribution in [0.2, 0.25) is 0 Å². The van der Waals surface area contributed by atoms with Gasteiger partial charge in [-0.3, -0.25) is 14.4 Å². The van der Waals surface area contributed by atoms with Gasteiger partial charge in [0.25, 0.3) is 11.8 Å². The van der Waals surface area contributed by atoms with Crippen molar-refractivity contribution in [2.75, 3.05) is 23.1 Å². The second-order valence-corrected chi connectivity index (χ2v) is 11.1. The minimum atomic E-state index is -1.57. The average molecular weight is 514 g/mol. The topological polar surface area (TPSA) is 151 Å². The smallest absolute Gasteiger partial charge is 0.254 e. The Morgan fingerprint density at radius 1 is 1.17 bits per heavy atom. The first-order valence-electron chi connectivity index (χ1n) is 11.8. The van der Waals surface area contributed by atoms with E-state index >= 15 is 0 Å². The third kappa shape index (κ3) is 6.70. The van der Waals surface area contributed by atoms with Gasteiger partial charge >= 0.3 is 0 Å². The summed E-state index contributed by atoms with van der Waals surface area (Å²) in [4.78, 5) is 40.9. The van der Waals surface area contributed by atoms with Gasteiger partial charge in [0.15, 0.2) is 6.10 Å². The standard InChI is InChI=1S/C26H35N5O4S/c1-15-18(11-17(27)12-19(15)28)23(33)29-20(10-16-8-6-5-7-9-16)22(32)25(35)31-14-36-13-21(31)24(34)30-26(2,3)4/h5-9,11-12,20-22,32H,10,13-14,27-28H2,1-4H3,(H,29,33)(H,30,34)/t20-,21?,22-/m0/s1. The predicted molar refractivity (Wildman–Crippen MR) is 143 cm³/mol. The molecule has 3 amide bonds. The van der Waals surface area contributed by atoms with Gasteiger partial charge in [0.05, 0.1) is 11.9 Å². The number of nitrogens with zero attached hydrogens (tertiary/aromatic N) is 1. The minimum Gasteiger partial charge on any atom is -0.399 e. The quantitative estimate of drug-likeness (QED) is 0.353. The van der Waals surface area contributed by atoms with Crippen LogP contribution in [0, 0.1) is 6.92 Å². The Balaban J connectivity index is 1.85. The molecule has 0 saturated carbocycles. The Bertz CT molecular complexity index is 1120. The number of amides is 3. The summed E-state index contributed by atoms with van der Waals surface area (Å²) >= 11 is 1.44. The van der Waals surface area contributed by atoms with Gasteiger partial charge in [-0.25, -0.2) is 0 Å². The number of nitrogens with one attached hydrogen (secondary N) is 2. The molecule has 2 aromatic rings. The van der Waals surface area contributed by atoms with Gasteiger partial charge in [0.1, 0.15) is 6.04 Å². The van der Waals surface area contributed by atoms with Crippen molar-refractivity contribution in [2.45, 2.75) is 57.8 Å². The third-order valence-corrected chi connectivity index (χ3v) is 6.94. The third-order valence-electron chi connectivity index (χ3n) is 5.93. The first kappa shape index (κ1) is 27.3. The van der Waals surface area contributed by atoms with Crippen LogP contribution in [0.5, 0.6) is 0 Å². The summed E-state index contributed by atoms with van der Waals surface area (Å²) in [5.41, 5.74) is 13.8. The molecule has 0 aliphatic carbocycles. The second kappa shape index (κ2) is 11.2. The molecule has 1 fully saturated rings. The van der Waals surface area contributed by atoms with Crippen molar-refractivity contribution in [1.29, 1.82) is 0 Å². The number of aliphatic hydroxyl groups is 1. The van der Waals surface area contributed by atoms with Gasteiger partial charge in [-0.05, 0) is 57.4 Å². The van der Waals surface area contributed by atoms with Gasteiger partial charge < -0.3 is 32.1 Å². The van der Waals surface area contributed by atoms with Crippen LogP contribution in [0.1, 0.15) is 42.3 Å². The largest absolute Gasteiger partial charge is 0.399 e. The number of rotatable bonds is 7. The lowest BCUT2D eigenvalue weighted by Crippen LogP contribution is -2.57. The number of nitrogen functional groups attached to an aromatic ring is 2. The number of anilines is 2. The average Bonchev–Trinajstić information content (AvgIpc) is 3.29. The molecule has 36 heavy (non-hydrogen) atoms. The van der Waals surface area contributed by atoms with Gasteiger partial charge in [0.2, 0.25) is 5.91 Å². The van der Waals surface area contributed by atoms with E-state index in [1.807, 2.05) is 51.1 Å². The predicted octanol–water partition coefficient (Wildman–Crippen LogP) is 1.68. The lowest BCUT2D eigenvalue weighted by atomic mass is 9.98. The van der Waals surface area contributed by atoms with Crippen LogP contribution >= 0.6 is 11.8 Å². The summed E-state index contributed by atoms with van der Waals surface area (Å²) in [5.74, 6) is -0.689. The molecule has 9 nitrogen and oxygen atoms in total. The molecule has 1 aliphatic heterocycles. The van der Waals surface area contributed by atoms with E-state index in [4.69, 9.17) is 11.5 Å². The van der Waals surface area contributed by atoms with Crippen molar-refractivity contribution in [1.82, 2.24) is 15.5 Å². The summed E-state index contributed by atoms with van der Waals surface area (Å²) < 4.78 is 0. The molecule has 10 heteroatoms. The monoisotopic (exact) mass is 513 g/mol. The lowest BCUT2D eigenvalue weighted by Gasteiger charge is -2.31. The molecule has 2 aromatic carbocycles. The maximum Gasteiger partial charge on any atom is 0.254 e. The molecular formula is C26H35N5O4S. The van der Waals surface area contributed by atoms with Crippen molar-refractivity contribution < 1.29 is 19.5 Å². The zero-order valence-corrected chi connectivity index (χ0v) is 21.9. The molecular weight excluding hydrogens is 478 g/mol. The first-order chi connectivity index (χ1) is 16.9. The van der Waals surface area contributed by atoms with Crippen LogP contribution in [-0.2, 0) is 16.0 Å². The number of aliphatic hydroxyl groups excluding tert-OH is 1. The molecule has 0 spiro atoms. The second-order valence-electron chi connectivity index (χ2n) is 10.1. The fraction of sp³-hybridized carbons (Fsp3) is 0.423. The van der Waals surface area contributed by atoms with E-state index in [0.29, 0.717) is 22.7 Å². The van der Waals surface area contributed by atoms with E-state index in [1.54, 1.807) is 13.0 Å². The van der Waals surface area contributed by atoms with E-state index < -0.39 is 35.5 Å². The summed E-state index contributed by atoms with van der Waals surface area (Å²) in [6.45, 7) is 7.30. The highest BCUT2D eigenvalue weighted by Gasteiger charge is 2.40. The van der Waals surface area contributed by atoms with Gasteiger partial charge in [-0.2, -0.15) is 0 Å². The molecule has 0 radical (unpaired) electrons. The molecule has 1 heterocycles. The molecule has 1 unspecified atom stereocenters. The lowest BCUT2D eigenvalue weighted by molar-refractivity contribution is -0.146. The summed E-state index contributed by atoms with van der Waals surface area (Å²) in [5, 5.41) is 16.9. The van der Waals surface area contributed by atoms with Gasteiger partial charge in [-0.1, -0.05) is 30.3 Å². The van der Waals surface area contributed by atoms with Gasteiger partial charge in [0, 0.05) is 28.2 Å². The van der Waals surface area contributed by atoms with E-state index in [2.05, 4.69) is 10.6 Å². The Labute approximate surface area is 216 Å². The number of nitrogens with two attached hydrogens (primary N) is 2. The van der Waals surface area contributed by atoms with Crippen molar-refractivity contribution in [2.24, 2.45) is 0 Å². The highest BCUT2D eigenvalue weighted by Crippen LogP contribution is 2.25. The van der Waals surface area contributed by atoms with Crippen LogP contribution in [-0.4, -0.2) is 63.1 Å². The van der Waals surface area contributed by atoms with E-state index in [9.17, 15) is 19.5 Å². The number of thioether (sulfide) groups is 1. The molecule has 0 bridgehead atoms. The fourth-order valence-corrected chi connectivity index (χ4v) is 5.19. The molecule has 0 aromatic heterocycles. The van der Waals surface area contributed by atoms with Crippen LogP contribution in [0.15, 0.2) is 42.5 Å². The molecule has 7 N–H and O–H groups in total. The number of hydrogen-bond acceptors (Lipinski definition) is 7. The zero-order chi connectivity index (χ0) is 26.6. The summed E-state index contributed by atoms with van der Waals surface area (Å²) in [7, 11) is 0. The first-order valence-corrected chi connectivity index (χ1v) is 12.9.